The van der Waals surface area contributed by atoms with E-state index in [4.69, 9.17) is 5.11 Å². The maximum absolute atomic E-state index is 12.2. The number of rotatable bonds is 5. The standard InChI is InChI=1S/C18H22F2N2O2/c19-17(20)18(24)21-11-16-3-1-9-22(13-16)12-15-7-5-14(6-8-15)4-2-10-23/h5-8,16-17,23H,1,3,9-13H2,(H,21,24)/t16-/m0/s1. The Bertz CT molecular complexity index is 593. The molecule has 0 radical (unpaired) electrons. The molecule has 1 atom stereocenters. The predicted octanol–water partition coefficient (Wildman–Crippen LogP) is 1.62. The van der Waals surface area contributed by atoms with Crippen LogP contribution in [0.2, 0.25) is 0 Å². The van der Waals surface area contributed by atoms with E-state index in [0.717, 1.165) is 43.6 Å². The fourth-order valence-corrected chi connectivity index (χ4v) is 2.88. The number of carbonyl (C=O) groups excluding carboxylic acids is 1. The number of alkyl halides is 2. The summed E-state index contributed by atoms with van der Waals surface area (Å²) in [7, 11) is 0. The van der Waals surface area contributed by atoms with Gasteiger partial charge < -0.3 is 10.4 Å². The highest BCUT2D eigenvalue weighted by Crippen LogP contribution is 2.18. The van der Waals surface area contributed by atoms with Crippen molar-refractivity contribution in [3.05, 3.63) is 35.4 Å². The molecule has 0 bridgehead atoms. The van der Waals surface area contributed by atoms with E-state index in [2.05, 4.69) is 22.1 Å². The Balaban J connectivity index is 1.83. The van der Waals surface area contributed by atoms with Gasteiger partial charge in [0.2, 0.25) is 0 Å². The summed E-state index contributed by atoms with van der Waals surface area (Å²) in [5.41, 5.74) is 2.01. The van der Waals surface area contributed by atoms with Crippen molar-refractivity contribution < 1.29 is 18.7 Å². The van der Waals surface area contributed by atoms with E-state index < -0.39 is 12.3 Å². The van der Waals surface area contributed by atoms with Crippen LogP contribution in [0, 0.1) is 17.8 Å². The quantitative estimate of drug-likeness (QED) is 0.804. The molecule has 1 aliphatic rings. The minimum absolute atomic E-state index is 0.154. The van der Waals surface area contributed by atoms with Gasteiger partial charge in [-0.1, -0.05) is 24.0 Å². The van der Waals surface area contributed by atoms with Crippen LogP contribution in [0.1, 0.15) is 24.0 Å². The van der Waals surface area contributed by atoms with E-state index in [1.54, 1.807) is 0 Å². The van der Waals surface area contributed by atoms with Crippen LogP contribution in [0.5, 0.6) is 0 Å². The van der Waals surface area contributed by atoms with Crippen molar-refractivity contribution in [2.24, 2.45) is 5.92 Å². The molecule has 130 valence electrons. The van der Waals surface area contributed by atoms with Crippen LogP contribution in [0.25, 0.3) is 0 Å². The van der Waals surface area contributed by atoms with E-state index in [9.17, 15) is 13.6 Å². The summed E-state index contributed by atoms with van der Waals surface area (Å²) < 4.78 is 24.4. The molecule has 0 saturated carbocycles. The van der Waals surface area contributed by atoms with Crippen molar-refractivity contribution in [2.75, 3.05) is 26.2 Å². The van der Waals surface area contributed by atoms with Gasteiger partial charge in [-0.3, -0.25) is 9.69 Å². The Morgan fingerprint density at radius 1 is 1.38 bits per heavy atom. The molecule has 0 spiro atoms. The number of aliphatic hydroxyl groups is 1. The molecular formula is C18H22F2N2O2. The average molecular weight is 336 g/mol. The van der Waals surface area contributed by atoms with Crippen LogP contribution in [0.15, 0.2) is 24.3 Å². The molecule has 1 saturated heterocycles. The maximum atomic E-state index is 12.2. The first-order chi connectivity index (χ1) is 11.6. The zero-order chi connectivity index (χ0) is 17.4. The molecule has 4 nitrogen and oxygen atoms in total. The molecule has 0 aliphatic carbocycles. The topological polar surface area (TPSA) is 52.6 Å². The second kappa shape index (κ2) is 9.36. The summed E-state index contributed by atoms with van der Waals surface area (Å²) in [6.45, 7) is 2.68. The highest BCUT2D eigenvalue weighted by Gasteiger charge is 2.22. The van der Waals surface area contributed by atoms with Gasteiger partial charge in [0.25, 0.3) is 5.91 Å². The van der Waals surface area contributed by atoms with Gasteiger partial charge in [-0.15, -0.1) is 0 Å². The van der Waals surface area contributed by atoms with Crippen molar-refractivity contribution in [1.82, 2.24) is 10.2 Å². The SMILES string of the molecule is O=C(NC[C@@H]1CCCN(Cc2ccc(C#CCO)cc2)C1)C(F)F. The number of halogens is 2. The second-order valence-corrected chi connectivity index (χ2v) is 5.95. The van der Waals surface area contributed by atoms with E-state index in [1.807, 2.05) is 24.3 Å². The van der Waals surface area contributed by atoms with Crippen LogP contribution in [0.3, 0.4) is 0 Å². The van der Waals surface area contributed by atoms with Crippen LogP contribution in [-0.2, 0) is 11.3 Å². The highest BCUT2D eigenvalue weighted by atomic mass is 19.3. The normalized spacial score (nSPS) is 18.1. The zero-order valence-corrected chi connectivity index (χ0v) is 13.5. The molecule has 1 aromatic rings. The molecule has 2 rings (SSSR count). The van der Waals surface area contributed by atoms with E-state index in [0.29, 0.717) is 6.54 Å². The molecule has 6 heteroatoms. The molecule has 1 fully saturated rings. The Morgan fingerprint density at radius 2 is 2.12 bits per heavy atom. The van der Waals surface area contributed by atoms with Crippen molar-refractivity contribution in [1.29, 1.82) is 0 Å². The number of hydrogen-bond donors (Lipinski definition) is 2. The van der Waals surface area contributed by atoms with Gasteiger partial charge in [-0.05, 0) is 43.0 Å². The minimum Gasteiger partial charge on any atom is -0.384 e. The smallest absolute Gasteiger partial charge is 0.315 e. The first-order valence-corrected chi connectivity index (χ1v) is 8.05. The summed E-state index contributed by atoms with van der Waals surface area (Å²) in [6, 6.07) is 7.84. The van der Waals surface area contributed by atoms with Gasteiger partial charge in [-0.2, -0.15) is 8.78 Å². The lowest BCUT2D eigenvalue weighted by Gasteiger charge is -2.32. The van der Waals surface area contributed by atoms with E-state index in [1.165, 1.54) is 0 Å². The molecule has 2 N–H and O–H groups in total. The Morgan fingerprint density at radius 3 is 2.79 bits per heavy atom. The number of carbonyl (C=O) groups is 1. The highest BCUT2D eigenvalue weighted by molar-refractivity contribution is 5.79. The van der Waals surface area contributed by atoms with Gasteiger partial charge in [0.05, 0.1) is 0 Å². The summed E-state index contributed by atoms with van der Waals surface area (Å²) in [5.74, 6) is 4.48. The Hall–Kier alpha value is -1.97. The number of nitrogens with one attached hydrogen (secondary N) is 1. The van der Waals surface area contributed by atoms with Crippen LogP contribution in [0.4, 0.5) is 8.78 Å². The molecule has 1 aromatic carbocycles. The molecular weight excluding hydrogens is 314 g/mol. The van der Waals surface area contributed by atoms with Gasteiger partial charge >= 0.3 is 6.43 Å². The van der Waals surface area contributed by atoms with E-state index in [-0.39, 0.29) is 12.5 Å². The van der Waals surface area contributed by atoms with Crippen LogP contribution in [-0.4, -0.2) is 48.6 Å². The van der Waals surface area contributed by atoms with Crippen LogP contribution < -0.4 is 5.32 Å². The van der Waals surface area contributed by atoms with Gasteiger partial charge in [0.1, 0.15) is 6.61 Å². The third-order valence-electron chi connectivity index (χ3n) is 4.04. The average Bonchev–Trinajstić information content (AvgIpc) is 2.59. The molecule has 0 aromatic heterocycles. The zero-order valence-electron chi connectivity index (χ0n) is 13.5. The molecule has 0 unspecified atom stereocenters. The number of likely N-dealkylation sites (tertiary alicyclic amines) is 1. The molecule has 1 amide bonds. The fraction of sp³-hybridized carbons (Fsp3) is 0.500. The number of piperidine rings is 1. The molecule has 1 aliphatic heterocycles. The summed E-state index contributed by atoms with van der Waals surface area (Å²) in [5, 5.41) is 11.0. The van der Waals surface area contributed by atoms with Gasteiger partial charge in [0.15, 0.2) is 0 Å². The first-order valence-electron chi connectivity index (χ1n) is 8.05. The molecule has 1 heterocycles. The number of nitrogens with zero attached hydrogens (tertiary/aromatic N) is 1. The summed E-state index contributed by atoms with van der Waals surface area (Å²) in [6.07, 6.45) is -1.01. The third-order valence-corrected chi connectivity index (χ3v) is 4.04. The lowest BCUT2D eigenvalue weighted by molar-refractivity contribution is -0.132. The minimum atomic E-state index is -2.95. The monoisotopic (exact) mass is 336 g/mol. The fourth-order valence-electron chi connectivity index (χ4n) is 2.88. The number of amides is 1. The number of hydrogen-bond acceptors (Lipinski definition) is 3. The molecule has 24 heavy (non-hydrogen) atoms. The van der Waals surface area contributed by atoms with Gasteiger partial charge in [-0.25, -0.2) is 0 Å². The van der Waals surface area contributed by atoms with Crippen molar-refractivity contribution in [2.45, 2.75) is 25.8 Å². The lowest BCUT2D eigenvalue weighted by Crippen LogP contribution is -2.41. The summed E-state index contributed by atoms with van der Waals surface area (Å²) >= 11 is 0. The number of aliphatic hydroxyl groups excluding tert-OH is 1. The Labute approximate surface area is 140 Å². The van der Waals surface area contributed by atoms with Crippen molar-refractivity contribution >= 4 is 5.91 Å². The predicted molar refractivity (Wildman–Crippen MR) is 87.4 cm³/mol. The second-order valence-electron chi connectivity index (χ2n) is 5.95. The lowest BCUT2D eigenvalue weighted by atomic mass is 9.97. The largest absolute Gasteiger partial charge is 0.384 e. The van der Waals surface area contributed by atoms with Crippen molar-refractivity contribution in [3.8, 4) is 11.8 Å². The van der Waals surface area contributed by atoms with Crippen molar-refractivity contribution in [3.63, 3.8) is 0 Å². The summed E-state index contributed by atoms with van der Waals surface area (Å²) in [4.78, 5) is 13.2. The van der Waals surface area contributed by atoms with Gasteiger partial charge in [0, 0.05) is 25.2 Å². The number of benzene rings is 1. The third kappa shape index (κ3) is 5.91. The van der Waals surface area contributed by atoms with E-state index >= 15 is 0 Å². The van der Waals surface area contributed by atoms with Crippen LogP contribution >= 0.6 is 0 Å². The maximum Gasteiger partial charge on any atom is 0.315 e. The first kappa shape index (κ1) is 18.4. The Kier molecular flexibility index (Phi) is 7.16.